The van der Waals surface area contributed by atoms with Crippen LogP contribution in [0.25, 0.3) is 5.57 Å². The molecule has 1 aromatic rings. The maximum absolute atomic E-state index is 6.42. The smallest absolute Gasteiger partial charge is 0.0481 e. The molecule has 0 amide bonds. The highest BCUT2D eigenvalue weighted by atomic mass is 35.5. The fourth-order valence-electron chi connectivity index (χ4n) is 6.29. The molecule has 0 heterocycles. The summed E-state index contributed by atoms with van der Waals surface area (Å²) >= 11 is 6.42. The van der Waals surface area contributed by atoms with Crippen molar-refractivity contribution in [3.63, 3.8) is 0 Å². The molecule has 0 N–H and O–H groups in total. The van der Waals surface area contributed by atoms with Crippen molar-refractivity contribution in [3.05, 3.63) is 40.9 Å². The van der Waals surface area contributed by atoms with E-state index in [-0.39, 0.29) is 0 Å². The molecule has 1 heteroatoms. The van der Waals surface area contributed by atoms with Crippen LogP contribution in [0.3, 0.4) is 0 Å². The van der Waals surface area contributed by atoms with E-state index >= 15 is 0 Å². The van der Waals surface area contributed by atoms with Gasteiger partial charge in [-0.15, -0.1) is 0 Å². The minimum atomic E-state index is 0.917. The predicted octanol–water partition coefficient (Wildman–Crippen LogP) is 11.0. The van der Waals surface area contributed by atoms with Gasteiger partial charge in [0.1, 0.15) is 0 Å². The molecule has 0 aliphatic heterocycles. The number of allylic oxidation sites excluding steroid dienone is 2. The van der Waals surface area contributed by atoms with Crippen molar-refractivity contribution < 1.29 is 0 Å². The predicted molar refractivity (Wildman–Crippen MR) is 143 cm³/mol. The van der Waals surface area contributed by atoms with Crippen molar-refractivity contribution in [2.75, 3.05) is 0 Å². The minimum Gasteiger partial charge on any atom is -0.0837 e. The van der Waals surface area contributed by atoms with Gasteiger partial charge in [0.05, 0.1) is 0 Å². The largest absolute Gasteiger partial charge is 0.0837 e. The molecular weight excluding hydrogens is 408 g/mol. The molecule has 1 atom stereocenters. The monoisotopic (exact) mass is 456 g/mol. The van der Waals surface area contributed by atoms with E-state index < -0.39 is 0 Å². The Morgan fingerprint density at radius 3 is 1.94 bits per heavy atom. The number of benzene rings is 1. The molecule has 1 unspecified atom stereocenters. The number of hydrogen-bond donors (Lipinski definition) is 0. The first-order chi connectivity index (χ1) is 15.8. The van der Waals surface area contributed by atoms with E-state index in [0.29, 0.717) is 0 Å². The fourth-order valence-corrected chi connectivity index (χ4v) is 6.55. The highest BCUT2D eigenvalue weighted by Crippen LogP contribution is 2.42. The molecule has 1 aromatic carbocycles. The SMILES string of the molecule is CCCCCCCCCCCCCC1CCC(C2CC=C(c3ccccc3Cl)CC2)CC1. The third-order valence-electron chi connectivity index (χ3n) is 8.45. The fraction of sp³-hybridized carbons (Fsp3) is 0.742. The van der Waals surface area contributed by atoms with E-state index in [4.69, 9.17) is 11.6 Å². The standard InChI is InChI=1S/C31H49Cl/c1-2-3-4-5-6-7-8-9-10-11-12-15-26-18-20-27(21-19-26)28-22-24-29(25-23-28)30-16-13-14-17-31(30)32/h13-14,16-17,24,26-28H,2-12,15,18-23,25H2,1H3. The normalized spacial score (nSPS) is 23.8. The Kier molecular flexibility index (Phi) is 12.3. The third kappa shape index (κ3) is 8.89. The molecule has 0 radical (unpaired) electrons. The van der Waals surface area contributed by atoms with Crippen molar-refractivity contribution in [2.24, 2.45) is 17.8 Å². The number of unbranched alkanes of at least 4 members (excludes halogenated alkanes) is 10. The van der Waals surface area contributed by atoms with Gasteiger partial charge in [0.25, 0.3) is 0 Å². The van der Waals surface area contributed by atoms with E-state index in [1.165, 1.54) is 133 Å². The van der Waals surface area contributed by atoms with Crippen LogP contribution in [-0.2, 0) is 0 Å². The lowest BCUT2D eigenvalue weighted by molar-refractivity contribution is 0.187. The lowest BCUT2D eigenvalue weighted by Gasteiger charge is -2.35. The molecule has 0 bridgehead atoms. The number of hydrogen-bond acceptors (Lipinski definition) is 0. The zero-order chi connectivity index (χ0) is 22.4. The molecule has 0 saturated heterocycles. The van der Waals surface area contributed by atoms with Crippen LogP contribution >= 0.6 is 11.6 Å². The Hall–Kier alpha value is -0.750. The van der Waals surface area contributed by atoms with Gasteiger partial charge in [-0.3, -0.25) is 0 Å². The van der Waals surface area contributed by atoms with E-state index in [1.807, 2.05) is 12.1 Å². The number of halogens is 1. The summed E-state index contributed by atoms with van der Waals surface area (Å²) in [5.74, 6) is 2.93. The molecule has 1 saturated carbocycles. The van der Waals surface area contributed by atoms with Crippen LogP contribution in [0.1, 0.15) is 134 Å². The van der Waals surface area contributed by atoms with Gasteiger partial charge in [0, 0.05) is 5.02 Å². The molecule has 2 aliphatic rings. The van der Waals surface area contributed by atoms with Gasteiger partial charge in [0.15, 0.2) is 0 Å². The average Bonchev–Trinajstić information content (AvgIpc) is 2.83. The van der Waals surface area contributed by atoms with Crippen LogP contribution < -0.4 is 0 Å². The van der Waals surface area contributed by atoms with Crippen LogP contribution in [0, 0.1) is 17.8 Å². The molecule has 0 spiro atoms. The second-order valence-electron chi connectivity index (χ2n) is 10.8. The molecule has 0 aromatic heterocycles. The quantitative estimate of drug-likeness (QED) is 0.244. The Morgan fingerprint density at radius 2 is 1.34 bits per heavy atom. The van der Waals surface area contributed by atoms with Crippen molar-refractivity contribution in [3.8, 4) is 0 Å². The lowest BCUT2D eigenvalue weighted by atomic mass is 9.70. The van der Waals surface area contributed by atoms with Gasteiger partial charge >= 0.3 is 0 Å². The van der Waals surface area contributed by atoms with Gasteiger partial charge in [-0.05, 0) is 67.1 Å². The summed E-state index contributed by atoms with van der Waals surface area (Å²) in [6.45, 7) is 2.30. The molecule has 3 rings (SSSR count). The Morgan fingerprint density at radius 1 is 0.719 bits per heavy atom. The van der Waals surface area contributed by atoms with Gasteiger partial charge in [-0.1, -0.05) is 133 Å². The molecular formula is C31H49Cl. The van der Waals surface area contributed by atoms with Gasteiger partial charge < -0.3 is 0 Å². The summed E-state index contributed by atoms with van der Waals surface area (Å²) < 4.78 is 0. The van der Waals surface area contributed by atoms with Crippen LogP contribution in [-0.4, -0.2) is 0 Å². The third-order valence-corrected chi connectivity index (χ3v) is 8.77. The summed E-state index contributed by atoms with van der Waals surface area (Å²) in [6, 6.07) is 8.37. The van der Waals surface area contributed by atoms with Crippen molar-refractivity contribution in [2.45, 2.75) is 129 Å². The molecule has 180 valence electrons. The summed E-state index contributed by atoms with van der Waals surface area (Å²) in [7, 11) is 0. The maximum atomic E-state index is 6.42. The zero-order valence-electron chi connectivity index (χ0n) is 20.9. The number of rotatable bonds is 14. The highest BCUT2D eigenvalue weighted by molar-refractivity contribution is 6.32. The molecule has 2 aliphatic carbocycles. The molecule has 1 fully saturated rings. The second kappa shape index (κ2) is 15.2. The maximum Gasteiger partial charge on any atom is 0.0481 e. The van der Waals surface area contributed by atoms with Crippen molar-refractivity contribution in [1.29, 1.82) is 0 Å². The first kappa shape index (κ1) is 25.9. The van der Waals surface area contributed by atoms with Crippen molar-refractivity contribution in [1.82, 2.24) is 0 Å². The lowest BCUT2D eigenvalue weighted by Crippen LogP contribution is -2.23. The van der Waals surface area contributed by atoms with Crippen LogP contribution in [0.5, 0.6) is 0 Å². The Bertz CT molecular complexity index is 652. The van der Waals surface area contributed by atoms with Crippen LogP contribution in [0.4, 0.5) is 0 Å². The van der Waals surface area contributed by atoms with Gasteiger partial charge in [0.2, 0.25) is 0 Å². The van der Waals surface area contributed by atoms with E-state index in [1.54, 1.807) is 0 Å². The van der Waals surface area contributed by atoms with Crippen LogP contribution in [0.2, 0.25) is 5.02 Å². The van der Waals surface area contributed by atoms with Crippen LogP contribution in [0.15, 0.2) is 30.3 Å². The molecule has 32 heavy (non-hydrogen) atoms. The Labute approximate surface area is 204 Å². The van der Waals surface area contributed by atoms with E-state index in [2.05, 4.69) is 25.1 Å². The summed E-state index contributed by atoms with van der Waals surface area (Å²) in [4.78, 5) is 0. The van der Waals surface area contributed by atoms with E-state index in [9.17, 15) is 0 Å². The topological polar surface area (TPSA) is 0 Å². The van der Waals surface area contributed by atoms with Gasteiger partial charge in [-0.2, -0.15) is 0 Å². The van der Waals surface area contributed by atoms with Crippen molar-refractivity contribution >= 4 is 17.2 Å². The van der Waals surface area contributed by atoms with Gasteiger partial charge in [-0.25, -0.2) is 0 Å². The summed E-state index contributed by atoms with van der Waals surface area (Å²) in [5, 5.41) is 0.917. The first-order valence-corrected chi connectivity index (χ1v) is 14.6. The second-order valence-corrected chi connectivity index (χ2v) is 11.3. The van der Waals surface area contributed by atoms with E-state index in [0.717, 1.165) is 22.8 Å². The summed E-state index contributed by atoms with van der Waals surface area (Å²) in [6.07, 6.45) is 29.9. The average molecular weight is 457 g/mol. The Balaban J connectivity index is 1.22. The molecule has 0 nitrogen and oxygen atoms in total. The first-order valence-electron chi connectivity index (χ1n) is 14.2. The minimum absolute atomic E-state index is 0.917. The highest BCUT2D eigenvalue weighted by Gasteiger charge is 2.28. The summed E-state index contributed by atoms with van der Waals surface area (Å²) in [5.41, 5.74) is 2.75. The zero-order valence-corrected chi connectivity index (χ0v) is 21.7.